The minimum absolute atomic E-state index is 0.105. The number of Topliss-reactive ketones (excluding diaryl/α,β-unsaturated/α-hetero) is 1. The first-order valence-corrected chi connectivity index (χ1v) is 10.4. The molecule has 0 aliphatic heterocycles. The normalized spacial score (nSPS) is 11.3. The molecule has 0 amide bonds. The molecular formula is C21H25NO5S. The predicted octanol–water partition coefficient (Wildman–Crippen LogP) is 3.01. The summed E-state index contributed by atoms with van der Waals surface area (Å²) in [5.74, 6) is -0.923. The van der Waals surface area contributed by atoms with Gasteiger partial charge in [-0.05, 0) is 56.5 Å². The highest BCUT2D eigenvalue weighted by molar-refractivity contribution is 7.89. The van der Waals surface area contributed by atoms with E-state index < -0.39 is 16.0 Å². The van der Waals surface area contributed by atoms with Crippen molar-refractivity contribution in [1.29, 1.82) is 0 Å². The molecule has 0 radical (unpaired) electrons. The molecule has 1 N–H and O–H groups in total. The van der Waals surface area contributed by atoms with E-state index in [9.17, 15) is 18.0 Å². The number of benzene rings is 2. The minimum atomic E-state index is -3.72. The van der Waals surface area contributed by atoms with Crippen LogP contribution in [0.15, 0.2) is 41.3 Å². The van der Waals surface area contributed by atoms with E-state index in [-0.39, 0.29) is 30.3 Å². The summed E-state index contributed by atoms with van der Waals surface area (Å²) in [4.78, 5) is 24.3. The van der Waals surface area contributed by atoms with Crippen LogP contribution in [-0.2, 0) is 19.6 Å². The number of hydrogen-bond acceptors (Lipinski definition) is 5. The van der Waals surface area contributed by atoms with Crippen molar-refractivity contribution in [2.45, 2.75) is 39.0 Å². The molecule has 0 saturated heterocycles. The molecule has 7 heteroatoms. The standard InChI is InChI=1S/C21H25NO5S/c1-14-5-7-16(3)18(11-14)19(23)13-27-21(24)9-10-22-28(25,26)20-12-15(2)6-8-17(20)4/h5-8,11-12,22H,9-10,13H2,1-4H3. The van der Waals surface area contributed by atoms with E-state index in [4.69, 9.17) is 4.74 Å². The number of aryl methyl sites for hydroxylation is 4. The van der Waals surface area contributed by atoms with E-state index in [2.05, 4.69) is 4.72 Å². The molecule has 0 aromatic heterocycles. The van der Waals surface area contributed by atoms with Gasteiger partial charge in [-0.1, -0.05) is 29.8 Å². The lowest BCUT2D eigenvalue weighted by Crippen LogP contribution is -2.28. The SMILES string of the molecule is Cc1ccc(C)c(C(=O)COC(=O)CCNS(=O)(=O)c2cc(C)ccc2C)c1. The van der Waals surface area contributed by atoms with Gasteiger partial charge in [-0.2, -0.15) is 0 Å². The van der Waals surface area contributed by atoms with Gasteiger partial charge in [-0.3, -0.25) is 9.59 Å². The Morgan fingerprint density at radius 2 is 1.54 bits per heavy atom. The number of sulfonamides is 1. The lowest BCUT2D eigenvalue weighted by atomic mass is 10.0. The van der Waals surface area contributed by atoms with Gasteiger partial charge >= 0.3 is 5.97 Å². The van der Waals surface area contributed by atoms with Crippen LogP contribution < -0.4 is 4.72 Å². The van der Waals surface area contributed by atoms with Crippen LogP contribution in [0.3, 0.4) is 0 Å². The molecule has 0 atom stereocenters. The van der Waals surface area contributed by atoms with E-state index in [1.807, 2.05) is 39.0 Å². The molecule has 0 saturated carbocycles. The van der Waals surface area contributed by atoms with E-state index in [1.54, 1.807) is 25.1 Å². The van der Waals surface area contributed by atoms with Crippen LogP contribution in [-0.4, -0.2) is 33.3 Å². The summed E-state index contributed by atoms with van der Waals surface area (Å²) in [6.45, 7) is 6.74. The van der Waals surface area contributed by atoms with Crippen LogP contribution in [0.4, 0.5) is 0 Å². The fourth-order valence-corrected chi connectivity index (χ4v) is 4.05. The molecular weight excluding hydrogens is 378 g/mol. The van der Waals surface area contributed by atoms with E-state index in [0.717, 1.165) is 16.7 Å². The number of ketones is 1. The molecule has 2 rings (SSSR count). The maximum absolute atomic E-state index is 12.4. The highest BCUT2D eigenvalue weighted by atomic mass is 32.2. The number of carbonyl (C=O) groups is 2. The highest BCUT2D eigenvalue weighted by Gasteiger charge is 2.18. The van der Waals surface area contributed by atoms with Gasteiger partial charge in [0.15, 0.2) is 6.61 Å². The van der Waals surface area contributed by atoms with Gasteiger partial charge in [0.05, 0.1) is 11.3 Å². The molecule has 0 heterocycles. The van der Waals surface area contributed by atoms with Gasteiger partial charge in [0, 0.05) is 12.1 Å². The molecule has 2 aromatic carbocycles. The molecule has 2 aromatic rings. The molecule has 28 heavy (non-hydrogen) atoms. The van der Waals surface area contributed by atoms with Crippen molar-refractivity contribution >= 4 is 21.8 Å². The summed E-state index contributed by atoms with van der Waals surface area (Å²) in [6, 6.07) is 10.6. The maximum atomic E-state index is 12.4. The Hall–Kier alpha value is -2.51. The highest BCUT2D eigenvalue weighted by Crippen LogP contribution is 2.16. The Labute approximate surface area is 166 Å². The summed E-state index contributed by atoms with van der Waals surface area (Å²) in [6.07, 6.45) is -0.163. The summed E-state index contributed by atoms with van der Waals surface area (Å²) in [5.41, 5.74) is 3.73. The number of nitrogens with one attached hydrogen (secondary N) is 1. The zero-order chi connectivity index (χ0) is 20.9. The van der Waals surface area contributed by atoms with Crippen LogP contribution in [0.1, 0.15) is 39.0 Å². The zero-order valence-corrected chi connectivity index (χ0v) is 17.4. The van der Waals surface area contributed by atoms with E-state index in [0.29, 0.717) is 11.1 Å². The van der Waals surface area contributed by atoms with Gasteiger partial charge in [-0.25, -0.2) is 13.1 Å². The van der Waals surface area contributed by atoms with Crippen LogP contribution in [0.5, 0.6) is 0 Å². The predicted molar refractivity (Wildman–Crippen MR) is 107 cm³/mol. The van der Waals surface area contributed by atoms with Crippen molar-refractivity contribution in [2.24, 2.45) is 0 Å². The third-order valence-corrected chi connectivity index (χ3v) is 5.92. The summed E-state index contributed by atoms with van der Waals surface area (Å²) in [5, 5.41) is 0. The third-order valence-electron chi connectivity index (χ3n) is 4.31. The number of ether oxygens (including phenoxy) is 1. The number of hydrogen-bond donors (Lipinski definition) is 1. The Morgan fingerprint density at radius 1 is 0.929 bits per heavy atom. The van der Waals surface area contributed by atoms with Crippen LogP contribution in [0.2, 0.25) is 0 Å². The molecule has 0 bridgehead atoms. The lowest BCUT2D eigenvalue weighted by molar-refractivity contribution is -0.142. The van der Waals surface area contributed by atoms with Crippen molar-refractivity contribution in [1.82, 2.24) is 4.72 Å². The molecule has 150 valence electrons. The van der Waals surface area contributed by atoms with Crippen molar-refractivity contribution in [2.75, 3.05) is 13.2 Å². The van der Waals surface area contributed by atoms with Gasteiger partial charge < -0.3 is 4.74 Å². The third kappa shape index (κ3) is 5.74. The molecule has 6 nitrogen and oxygen atoms in total. The summed E-state index contributed by atoms with van der Waals surface area (Å²) >= 11 is 0. The molecule has 0 unspecified atom stereocenters. The fraction of sp³-hybridized carbons (Fsp3) is 0.333. The van der Waals surface area contributed by atoms with E-state index >= 15 is 0 Å². The second-order valence-electron chi connectivity index (χ2n) is 6.82. The Bertz CT molecular complexity index is 996. The van der Waals surface area contributed by atoms with E-state index in [1.165, 1.54) is 0 Å². The van der Waals surface area contributed by atoms with Crippen LogP contribution >= 0.6 is 0 Å². The Balaban J connectivity index is 1.86. The second-order valence-corrected chi connectivity index (χ2v) is 8.55. The first-order valence-electron chi connectivity index (χ1n) is 8.93. The largest absolute Gasteiger partial charge is 0.457 e. The monoisotopic (exact) mass is 403 g/mol. The zero-order valence-electron chi connectivity index (χ0n) is 16.5. The van der Waals surface area contributed by atoms with Gasteiger partial charge in [0.1, 0.15) is 0 Å². The maximum Gasteiger partial charge on any atom is 0.307 e. The molecule has 0 fully saturated rings. The van der Waals surface area contributed by atoms with Crippen LogP contribution in [0.25, 0.3) is 0 Å². The van der Waals surface area contributed by atoms with Crippen LogP contribution in [0, 0.1) is 27.7 Å². The fourth-order valence-electron chi connectivity index (χ4n) is 2.69. The van der Waals surface area contributed by atoms with Gasteiger partial charge in [0.2, 0.25) is 15.8 Å². The first kappa shape index (κ1) is 21.8. The first-order chi connectivity index (χ1) is 13.1. The molecule has 0 aliphatic carbocycles. The lowest BCUT2D eigenvalue weighted by Gasteiger charge is -2.10. The second kappa shape index (κ2) is 9.12. The number of carbonyl (C=O) groups excluding carboxylic acids is 2. The smallest absolute Gasteiger partial charge is 0.307 e. The van der Waals surface area contributed by atoms with Gasteiger partial charge in [-0.15, -0.1) is 0 Å². The molecule has 0 spiro atoms. The van der Waals surface area contributed by atoms with Crippen molar-refractivity contribution in [3.63, 3.8) is 0 Å². The average molecular weight is 404 g/mol. The topological polar surface area (TPSA) is 89.5 Å². The van der Waals surface area contributed by atoms with Gasteiger partial charge in [0.25, 0.3) is 0 Å². The quantitative estimate of drug-likeness (QED) is 0.541. The van der Waals surface area contributed by atoms with Crippen molar-refractivity contribution in [3.8, 4) is 0 Å². The molecule has 0 aliphatic rings. The summed E-state index contributed by atoms with van der Waals surface area (Å²) in [7, 11) is -3.72. The van der Waals surface area contributed by atoms with Crippen molar-refractivity contribution in [3.05, 3.63) is 64.2 Å². The average Bonchev–Trinajstić information content (AvgIpc) is 2.63. The number of esters is 1. The Morgan fingerprint density at radius 3 is 2.21 bits per heavy atom. The summed E-state index contributed by atoms with van der Waals surface area (Å²) < 4.78 is 32.2. The van der Waals surface area contributed by atoms with Crippen molar-refractivity contribution < 1.29 is 22.7 Å². The number of rotatable bonds is 8. The minimum Gasteiger partial charge on any atom is -0.457 e. The Kier molecular flexibility index (Phi) is 7.10.